The molecule has 0 saturated heterocycles. The summed E-state index contributed by atoms with van der Waals surface area (Å²) in [5.74, 6) is -0.608. The fraction of sp³-hybridized carbons (Fsp3) is 0.860. The van der Waals surface area contributed by atoms with Crippen LogP contribution in [0.25, 0.3) is 0 Å². The Bertz CT molecular complexity index is 964. The van der Waals surface area contributed by atoms with Gasteiger partial charge >= 0.3 is 19.8 Å². The average molecular weight is 773 g/mol. The van der Waals surface area contributed by atoms with Crippen molar-refractivity contribution in [2.45, 2.75) is 200 Å². The van der Waals surface area contributed by atoms with Gasteiger partial charge < -0.3 is 23.7 Å². The quantitative estimate of drug-likeness (QED) is 0.0208. The molecule has 0 saturated carbocycles. The molecule has 0 fully saturated rings. The number of carbonyl (C=O) groups excluding carboxylic acids is 2. The molecule has 312 valence electrons. The van der Waals surface area contributed by atoms with E-state index in [0.717, 1.165) is 64.2 Å². The number of phosphoric ester groups is 1. The highest BCUT2D eigenvalue weighted by atomic mass is 31.2. The third-order valence-corrected chi connectivity index (χ3v) is 10.2. The lowest BCUT2D eigenvalue weighted by Crippen LogP contribution is -2.49. The molecule has 10 heteroatoms. The Balaban J connectivity index is 4.36. The first-order valence-electron chi connectivity index (χ1n) is 21.7. The Kier molecular flexibility index (Phi) is 35.1. The van der Waals surface area contributed by atoms with Crippen molar-refractivity contribution in [1.82, 2.24) is 0 Å². The summed E-state index contributed by atoms with van der Waals surface area (Å²) >= 11 is 0. The van der Waals surface area contributed by atoms with Crippen LogP contribution in [-0.2, 0) is 28.2 Å². The van der Waals surface area contributed by atoms with E-state index in [0.29, 0.717) is 19.4 Å². The molecule has 2 N–H and O–H groups in total. The number of esters is 2. The topological polar surface area (TPSA) is 119 Å². The number of hydrogen-bond donors (Lipinski definition) is 2. The first kappa shape index (κ1) is 51.5. The van der Waals surface area contributed by atoms with E-state index in [1.54, 1.807) is 0 Å². The van der Waals surface area contributed by atoms with E-state index in [1.165, 1.54) is 103 Å². The third kappa shape index (κ3) is 40.0. The van der Waals surface area contributed by atoms with Crippen molar-refractivity contribution in [2.24, 2.45) is 0 Å². The van der Waals surface area contributed by atoms with Crippen LogP contribution in [-0.4, -0.2) is 72.7 Å². The van der Waals surface area contributed by atoms with Crippen molar-refractivity contribution in [1.29, 1.82) is 0 Å². The highest BCUT2D eigenvalue weighted by Crippen LogP contribution is 2.35. The van der Waals surface area contributed by atoms with Crippen LogP contribution in [0.2, 0.25) is 0 Å². The average Bonchev–Trinajstić information content (AvgIpc) is 3.09. The van der Waals surface area contributed by atoms with Crippen LogP contribution in [0.15, 0.2) is 24.3 Å². The second-order valence-electron chi connectivity index (χ2n) is 15.6. The van der Waals surface area contributed by atoms with Crippen LogP contribution in [0, 0.1) is 0 Å². The number of likely N-dealkylation sites (N-methyl/N-ethyl adjacent to an activating group) is 1. The van der Waals surface area contributed by atoms with Crippen molar-refractivity contribution in [2.75, 3.05) is 40.4 Å². The van der Waals surface area contributed by atoms with Gasteiger partial charge in [0, 0.05) is 12.8 Å². The van der Waals surface area contributed by atoms with Gasteiger partial charge in [-0.15, -0.1) is 0 Å². The van der Waals surface area contributed by atoms with Gasteiger partial charge in [-0.1, -0.05) is 141 Å². The monoisotopic (exact) mass is 773 g/mol. The first-order valence-corrected chi connectivity index (χ1v) is 23.2. The highest BCUT2D eigenvalue weighted by Gasteiger charge is 2.28. The Hall–Kier alpha value is -1.51. The lowest BCUT2D eigenvalue weighted by Gasteiger charge is -2.33. The Morgan fingerprint density at radius 2 is 0.962 bits per heavy atom. The van der Waals surface area contributed by atoms with E-state index in [9.17, 15) is 14.2 Å². The summed E-state index contributed by atoms with van der Waals surface area (Å²) < 4.78 is 27.4. The molecule has 0 rings (SSSR count). The molecular weight excluding hydrogens is 689 g/mol. The zero-order chi connectivity index (χ0) is 39.3. The number of ether oxygens (including phenoxy) is 2. The Morgan fingerprint density at radius 1 is 0.585 bits per heavy atom. The fourth-order valence-electron chi connectivity index (χ4n) is 6.36. The van der Waals surface area contributed by atoms with Crippen molar-refractivity contribution in [3.05, 3.63) is 24.3 Å². The van der Waals surface area contributed by atoms with Crippen LogP contribution >= 0.6 is 7.82 Å². The summed E-state index contributed by atoms with van der Waals surface area (Å²) in [7, 11) is -0.848. The first-order chi connectivity index (χ1) is 25.5. The molecule has 0 radical (unpaired) electrons. The molecule has 1 unspecified atom stereocenters. The maximum Gasteiger partial charge on any atom is 0.469 e. The lowest BCUT2D eigenvalue weighted by atomic mass is 10.1. The Morgan fingerprint density at radius 3 is 1.38 bits per heavy atom. The molecule has 0 aromatic carbocycles. The van der Waals surface area contributed by atoms with Gasteiger partial charge in [0.1, 0.15) is 26.3 Å². The van der Waals surface area contributed by atoms with E-state index in [2.05, 4.69) is 42.7 Å². The van der Waals surface area contributed by atoms with Gasteiger partial charge in [0.05, 0.1) is 14.1 Å². The number of unbranched alkanes of at least 4 members (excludes halogenated alkanes) is 22. The molecule has 0 amide bonds. The predicted octanol–water partition coefficient (Wildman–Crippen LogP) is 11.7. The standard InChI is InChI=1S/C43H82NO8P/c1-5-7-9-11-13-15-17-19-21-23-25-27-29-31-33-35-42(45)50-40-41(39-44(3,4)37-38-51-53(47,48)49)52-43(46)36-34-32-30-28-26-24-22-20-18-16-14-12-10-8-6-2/h19-22,41H,5-18,23-40H2,1-4H3,(H-,47,48,49)/p+1/b21-19-,22-20-. The van der Waals surface area contributed by atoms with Crippen molar-refractivity contribution in [3.8, 4) is 0 Å². The highest BCUT2D eigenvalue weighted by molar-refractivity contribution is 7.46. The Labute approximate surface area is 325 Å². The van der Waals surface area contributed by atoms with Gasteiger partial charge in [-0.2, -0.15) is 0 Å². The van der Waals surface area contributed by atoms with E-state index in [-0.39, 0.29) is 36.2 Å². The summed E-state index contributed by atoms with van der Waals surface area (Å²) in [6, 6.07) is 0. The van der Waals surface area contributed by atoms with Gasteiger partial charge in [0.15, 0.2) is 6.10 Å². The van der Waals surface area contributed by atoms with Gasteiger partial charge in [-0.05, 0) is 64.2 Å². The predicted molar refractivity (Wildman–Crippen MR) is 220 cm³/mol. The number of phosphoric acid groups is 1. The number of quaternary nitrogens is 1. The van der Waals surface area contributed by atoms with Gasteiger partial charge in [-0.25, -0.2) is 4.57 Å². The smallest absolute Gasteiger partial charge is 0.461 e. The zero-order valence-corrected chi connectivity index (χ0v) is 35.6. The van der Waals surface area contributed by atoms with E-state index in [1.807, 2.05) is 14.1 Å². The van der Waals surface area contributed by atoms with Crippen LogP contribution < -0.4 is 0 Å². The molecule has 0 spiro atoms. The van der Waals surface area contributed by atoms with Crippen LogP contribution in [0.1, 0.15) is 194 Å². The number of rotatable bonds is 39. The number of hydrogen-bond acceptors (Lipinski definition) is 6. The molecular formula is C43H83NO8P+. The minimum atomic E-state index is -4.57. The molecule has 0 heterocycles. The van der Waals surface area contributed by atoms with E-state index >= 15 is 0 Å². The van der Waals surface area contributed by atoms with Gasteiger partial charge in [0.25, 0.3) is 0 Å². The van der Waals surface area contributed by atoms with Crippen molar-refractivity contribution >= 4 is 19.8 Å². The van der Waals surface area contributed by atoms with Crippen LogP contribution in [0.4, 0.5) is 0 Å². The molecule has 9 nitrogen and oxygen atoms in total. The fourth-order valence-corrected chi connectivity index (χ4v) is 6.68. The number of allylic oxidation sites excluding steroid dienone is 4. The third-order valence-electron chi connectivity index (χ3n) is 9.67. The summed E-state index contributed by atoms with van der Waals surface area (Å²) in [6.07, 6.45) is 40.2. The second kappa shape index (κ2) is 36.1. The summed E-state index contributed by atoms with van der Waals surface area (Å²) in [4.78, 5) is 43.4. The normalized spacial score (nSPS) is 12.9. The van der Waals surface area contributed by atoms with Gasteiger partial charge in [-0.3, -0.25) is 14.1 Å². The summed E-state index contributed by atoms with van der Waals surface area (Å²) in [6.45, 7) is 4.92. The van der Waals surface area contributed by atoms with Crippen LogP contribution in [0.3, 0.4) is 0 Å². The molecule has 0 aliphatic heterocycles. The number of nitrogens with zero attached hydrogens (tertiary/aromatic N) is 1. The minimum Gasteiger partial charge on any atom is -0.461 e. The molecule has 0 aliphatic carbocycles. The molecule has 53 heavy (non-hydrogen) atoms. The zero-order valence-electron chi connectivity index (χ0n) is 34.8. The summed E-state index contributed by atoms with van der Waals surface area (Å²) in [5.41, 5.74) is 0. The van der Waals surface area contributed by atoms with Crippen LogP contribution in [0.5, 0.6) is 0 Å². The second-order valence-corrected chi connectivity index (χ2v) is 16.9. The maximum absolute atomic E-state index is 12.8. The minimum absolute atomic E-state index is 0.0386. The largest absolute Gasteiger partial charge is 0.469 e. The van der Waals surface area contributed by atoms with Crippen molar-refractivity contribution in [3.63, 3.8) is 0 Å². The maximum atomic E-state index is 12.8. The van der Waals surface area contributed by atoms with Gasteiger partial charge in [0.2, 0.25) is 0 Å². The van der Waals surface area contributed by atoms with E-state index < -0.39 is 13.9 Å². The molecule has 0 bridgehead atoms. The lowest BCUT2D eigenvalue weighted by molar-refractivity contribution is -0.893. The molecule has 0 aliphatic rings. The summed E-state index contributed by atoms with van der Waals surface area (Å²) in [5, 5.41) is 0. The molecule has 0 aromatic heterocycles. The van der Waals surface area contributed by atoms with E-state index in [4.69, 9.17) is 19.3 Å². The molecule has 0 aromatic rings. The SMILES string of the molecule is CCCCCCCC/C=C\CCCCCCCC(=O)OCC(C[N+](C)(C)CCOP(=O)(O)O)OC(=O)CCCCCCC/C=C\CCCCCCCC. The molecule has 1 atom stereocenters. The van der Waals surface area contributed by atoms with Crippen molar-refractivity contribution < 1.29 is 42.4 Å². The number of carbonyl (C=O) groups is 2.